The van der Waals surface area contributed by atoms with E-state index in [1.165, 1.54) is 6.42 Å². The highest BCUT2D eigenvalue weighted by Gasteiger charge is 2.26. The lowest BCUT2D eigenvalue weighted by Gasteiger charge is -2.36. The largest absolute Gasteiger partial charge is 0.396 e. The first-order valence-electron chi connectivity index (χ1n) is 8.36. The van der Waals surface area contributed by atoms with Crippen molar-refractivity contribution in [2.45, 2.75) is 46.1 Å². The Labute approximate surface area is 140 Å². The number of aromatic amines is 1. The zero-order chi connectivity index (χ0) is 16.6. The van der Waals surface area contributed by atoms with Crippen LogP contribution in [-0.4, -0.2) is 39.7 Å². The predicted octanol–water partition coefficient (Wildman–Crippen LogP) is 2.76. The van der Waals surface area contributed by atoms with Crippen LogP contribution in [0, 0.1) is 19.8 Å². The van der Waals surface area contributed by atoms with Gasteiger partial charge in [-0.1, -0.05) is 0 Å². The van der Waals surface area contributed by atoms with E-state index in [0.29, 0.717) is 5.92 Å². The zero-order valence-electron chi connectivity index (χ0n) is 14.1. The summed E-state index contributed by atoms with van der Waals surface area (Å²) in [6.45, 7) is 8.37. The van der Waals surface area contributed by atoms with Gasteiger partial charge in [0.05, 0.1) is 11.4 Å². The minimum Gasteiger partial charge on any atom is -0.396 e. The van der Waals surface area contributed by atoms with Crippen LogP contribution in [-0.2, 0) is 0 Å². The van der Waals surface area contributed by atoms with Gasteiger partial charge in [0.2, 0.25) is 0 Å². The second kappa shape index (κ2) is 6.71. The van der Waals surface area contributed by atoms with Gasteiger partial charge >= 0.3 is 0 Å². The number of hydrogen-bond donors (Lipinski definition) is 2. The third kappa shape index (κ3) is 3.20. The molecular formula is C17H25N3O2S. The van der Waals surface area contributed by atoms with Crippen LogP contribution >= 0.6 is 11.3 Å². The minimum absolute atomic E-state index is 0.0254. The molecule has 2 N–H and O–H groups in total. The second-order valence-corrected chi connectivity index (χ2v) is 7.81. The summed E-state index contributed by atoms with van der Waals surface area (Å²) in [7, 11) is 0. The molecule has 2 atom stereocenters. The topological polar surface area (TPSA) is 69.2 Å². The van der Waals surface area contributed by atoms with Crippen molar-refractivity contribution < 1.29 is 5.11 Å². The Morgan fingerprint density at radius 3 is 3.00 bits per heavy atom. The van der Waals surface area contributed by atoms with E-state index in [1.54, 1.807) is 11.3 Å². The molecule has 0 bridgehead atoms. The van der Waals surface area contributed by atoms with Crippen LogP contribution in [0.4, 0.5) is 0 Å². The molecule has 0 aromatic carbocycles. The molecule has 6 heteroatoms. The Balaban J connectivity index is 1.89. The summed E-state index contributed by atoms with van der Waals surface area (Å²) < 4.78 is 0. The molecule has 1 saturated heterocycles. The third-order valence-corrected chi connectivity index (χ3v) is 6.19. The van der Waals surface area contributed by atoms with Crippen molar-refractivity contribution in [2.24, 2.45) is 5.92 Å². The summed E-state index contributed by atoms with van der Waals surface area (Å²) in [5.41, 5.74) is 1.02. The van der Waals surface area contributed by atoms with Gasteiger partial charge in [0.1, 0.15) is 10.7 Å². The first kappa shape index (κ1) is 16.6. The molecule has 3 heterocycles. The number of hydrogen-bond acceptors (Lipinski definition) is 5. The lowest BCUT2D eigenvalue weighted by molar-refractivity contribution is 0.111. The van der Waals surface area contributed by atoms with Gasteiger partial charge in [-0.3, -0.25) is 9.69 Å². The van der Waals surface area contributed by atoms with Gasteiger partial charge in [-0.05, 0) is 58.1 Å². The Bertz CT molecular complexity index is 750. The highest BCUT2D eigenvalue weighted by molar-refractivity contribution is 7.18. The molecule has 23 heavy (non-hydrogen) atoms. The molecule has 1 aliphatic rings. The molecule has 126 valence electrons. The molecule has 0 spiro atoms. The molecule has 0 amide bonds. The van der Waals surface area contributed by atoms with Gasteiger partial charge in [-0.25, -0.2) is 4.98 Å². The van der Waals surface area contributed by atoms with Gasteiger partial charge in [0.15, 0.2) is 0 Å². The lowest BCUT2D eigenvalue weighted by Crippen LogP contribution is -2.38. The summed E-state index contributed by atoms with van der Waals surface area (Å²) in [5.74, 6) is 1.30. The van der Waals surface area contributed by atoms with E-state index in [0.717, 1.165) is 52.4 Å². The number of nitrogens with zero attached hydrogens (tertiary/aromatic N) is 2. The van der Waals surface area contributed by atoms with Gasteiger partial charge in [0, 0.05) is 18.0 Å². The van der Waals surface area contributed by atoms with Gasteiger partial charge in [-0.2, -0.15) is 0 Å². The first-order valence-corrected chi connectivity index (χ1v) is 9.17. The molecule has 0 radical (unpaired) electrons. The number of fused-ring (bicyclic) bond motifs is 1. The maximum absolute atomic E-state index is 12.4. The Hall–Kier alpha value is -1.24. The zero-order valence-corrected chi connectivity index (χ0v) is 14.9. The fourth-order valence-electron chi connectivity index (χ4n) is 3.51. The van der Waals surface area contributed by atoms with E-state index in [4.69, 9.17) is 10.1 Å². The maximum atomic E-state index is 12.4. The van der Waals surface area contributed by atoms with Crippen LogP contribution in [0.2, 0.25) is 0 Å². The average Bonchev–Trinajstić information content (AvgIpc) is 2.82. The Morgan fingerprint density at radius 1 is 1.48 bits per heavy atom. The van der Waals surface area contributed by atoms with Crippen molar-refractivity contribution in [3.63, 3.8) is 0 Å². The number of aryl methyl sites for hydroxylation is 2. The first-order chi connectivity index (χ1) is 11.0. The van der Waals surface area contributed by atoms with Crippen LogP contribution in [0.5, 0.6) is 0 Å². The molecule has 2 aromatic rings. The number of aliphatic hydroxyl groups is 1. The van der Waals surface area contributed by atoms with Crippen LogP contribution < -0.4 is 5.56 Å². The SMILES string of the molecule is Cc1sc2nc([C@H](C)N3CCC[C@H](CCO)C3)[nH]c(=O)c2c1C. The molecule has 5 nitrogen and oxygen atoms in total. The molecule has 3 rings (SSSR count). The number of likely N-dealkylation sites (tertiary alicyclic amines) is 1. The Morgan fingerprint density at radius 2 is 2.26 bits per heavy atom. The van der Waals surface area contributed by atoms with Gasteiger partial charge < -0.3 is 10.1 Å². The van der Waals surface area contributed by atoms with Crippen LogP contribution in [0.25, 0.3) is 10.2 Å². The fourth-order valence-corrected chi connectivity index (χ4v) is 4.55. The minimum atomic E-state index is -0.0254. The van der Waals surface area contributed by atoms with E-state index >= 15 is 0 Å². The molecule has 1 fully saturated rings. The average molecular weight is 335 g/mol. The molecule has 0 unspecified atom stereocenters. The number of piperidine rings is 1. The van der Waals surface area contributed by atoms with Crippen molar-refractivity contribution in [1.82, 2.24) is 14.9 Å². The number of thiophene rings is 1. The lowest BCUT2D eigenvalue weighted by atomic mass is 9.94. The Kier molecular flexibility index (Phi) is 4.85. The highest BCUT2D eigenvalue weighted by Crippen LogP contribution is 2.29. The van der Waals surface area contributed by atoms with Gasteiger partial charge in [-0.15, -0.1) is 11.3 Å². The molecule has 0 saturated carbocycles. The van der Waals surface area contributed by atoms with Crippen molar-refractivity contribution >= 4 is 21.6 Å². The summed E-state index contributed by atoms with van der Waals surface area (Å²) in [5, 5.41) is 9.90. The number of nitrogens with one attached hydrogen (secondary N) is 1. The van der Waals surface area contributed by atoms with Crippen molar-refractivity contribution in [1.29, 1.82) is 0 Å². The summed E-state index contributed by atoms with van der Waals surface area (Å²) in [4.78, 5) is 24.6. The molecule has 2 aromatic heterocycles. The van der Waals surface area contributed by atoms with Gasteiger partial charge in [0.25, 0.3) is 5.56 Å². The number of rotatable bonds is 4. The predicted molar refractivity (Wildman–Crippen MR) is 94.1 cm³/mol. The monoisotopic (exact) mass is 335 g/mol. The van der Waals surface area contributed by atoms with E-state index < -0.39 is 0 Å². The van der Waals surface area contributed by atoms with E-state index in [-0.39, 0.29) is 18.2 Å². The second-order valence-electron chi connectivity index (χ2n) is 6.61. The van der Waals surface area contributed by atoms with Crippen molar-refractivity contribution in [3.05, 3.63) is 26.6 Å². The van der Waals surface area contributed by atoms with Crippen LogP contribution in [0.1, 0.15) is 48.5 Å². The summed E-state index contributed by atoms with van der Waals surface area (Å²) in [6.07, 6.45) is 3.17. The fraction of sp³-hybridized carbons (Fsp3) is 0.647. The quantitative estimate of drug-likeness (QED) is 0.901. The third-order valence-electron chi connectivity index (χ3n) is 5.09. The number of H-pyrrole nitrogens is 1. The smallest absolute Gasteiger partial charge is 0.259 e. The van der Waals surface area contributed by atoms with E-state index in [1.807, 2.05) is 13.8 Å². The van der Waals surface area contributed by atoms with Crippen LogP contribution in [0.3, 0.4) is 0 Å². The highest BCUT2D eigenvalue weighted by atomic mass is 32.1. The van der Waals surface area contributed by atoms with Crippen LogP contribution in [0.15, 0.2) is 4.79 Å². The van der Waals surface area contributed by atoms with E-state index in [9.17, 15) is 4.79 Å². The molecular weight excluding hydrogens is 310 g/mol. The number of aromatic nitrogens is 2. The van der Waals surface area contributed by atoms with E-state index in [2.05, 4.69) is 16.8 Å². The number of aliphatic hydroxyl groups excluding tert-OH is 1. The van der Waals surface area contributed by atoms with Crippen molar-refractivity contribution in [2.75, 3.05) is 19.7 Å². The maximum Gasteiger partial charge on any atom is 0.259 e. The molecule has 0 aliphatic carbocycles. The molecule has 1 aliphatic heterocycles. The van der Waals surface area contributed by atoms with Crippen molar-refractivity contribution in [3.8, 4) is 0 Å². The standard InChI is InChI=1S/C17H25N3O2S/c1-10-12(3)23-17-14(10)16(22)18-15(19-17)11(2)20-7-4-5-13(9-20)6-8-21/h11,13,21H,4-9H2,1-3H3,(H,18,19,22)/t11-,13+/m0/s1. The summed E-state index contributed by atoms with van der Waals surface area (Å²) in [6, 6.07) is 0.0938. The normalized spacial score (nSPS) is 21.0. The summed E-state index contributed by atoms with van der Waals surface area (Å²) >= 11 is 1.60.